The molecule has 1 amide bonds. The van der Waals surface area contributed by atoms with Crippen LogP contribution in [0.3, 0.4) is 0 Å². The number of nitrogens with one attached hydrogen (secondary N) is 1. The zero-order valence-corrected chi connectivity index (χ0v) is 14.9. The van der Waals surface area contributed by atoms with Gasteiger partial charge in [0.1, 0.15) is 0 Å². The van der Waals surface area contributed by atoms with Crippen molar-refractivity contribution in [2.24, 2.45) is 7.05 Å². The van der Waals surface area contributed by atoms with Gasteiger partial charge in [0.15, 0.2) is 0 Å². The first-order valence-electron chi connectivity index (χ1n) is 8.93. The molecule has 7 nitrogen and oxygen atoms in total. The van der Waals surface area contributed by atoms with Crippen molar-refractivity contribution in [2.75, 3.05) is 13.1 Å². The van der Waals surface area contributed by atoms with Crippen LogP contribution < -0.4 is 0 Å². The average Bonchev–Trinajstić information content (AvgIpc) is 3.22. The normalized spacial score (nSPS) is 14.8. The molecule has 0 bridgehead atoms. The number of amides is 1. The number of aromatic nitrogens is 4. The lowest BCUT2D eigenvalue weighted by Gasteiger charge is -2.35. The van der Waals surface area contributed by atoms with Crippen molar-refractivity contribution in [1.82, 2.24) is 24.9 Å². The third kappa shape index (κ3) is 2.67. The molecule has 1 aliphatic rings. The Kier molecular flexibility index (Phi) is 3.51. The summed E-state index contributed by atoms with van der Waals surface area (Å²) in [6.45, 7) is 0.806. The molecule has 1 aliphatic heterocycles. The number of benzene rings is 2. The molecule has 1 saturated heterocycles. The maximum absolute atomic E-state index is 12.5. The molecule has 0 unspecified atom stereocenters. The lowest BCUT2D eigenvalue weighted by atomic mass is 10.0. The third-order valence-electron chi connectivity index (χ3n) is 5.22. The number of hydrogen-bond acceptors (Lipinski definition) is 4. The van der Waals surface area contributed by atoms with Crippen LogP contribution in [0.2, 0.25) is 0 Å². The van der Waals surface area contributed by atoms with Crippen LogP contribution in [0, 0.1) is 0 Å². The van der Waals surface area contributed by atoms with Gasteiger partial charge in [-0.25, -0.2) is 0 Å². The van der Waals surface area contributed by atoms with Crippen LogP contribution in [0.5, 0.6) is 0 Å². The first-order chi connectivity index (χ1) is 13.1. The summed E-state index contributed by atoms with van der Waals surface area (Å²) in [7, 11) is 1.93. The Morgan fingerprint density at radius 2 is 2.11 bits per heavy atom. The lowest BCUT2D eigenvalue weighted by Crippen LogP contribution is -2.53. The molecule has 0 atom stereocenters. The summed E-state index contributed by atoms with van der Waals surface area (Å²) in [6, 6.07) is 11.8. The Labute approximate surface area is 155 Å². The molecule has 5 rings (SSSR count). The van der Waals surface area contributed by atoms with Crippen LogP contribution in [-0.2, 0) is 13.5 Å². The maximum Gasteiger partial charge on any atom is 0.254 e. The van der Waals surface area contributed by atoms with Gasteiger partial charge in [0.05, 0.1) is 23.3 Å². The number of carbonyl (C=O) groups excluding carboxylic acids is 1. The predicted octanol–water partition coefficient (Wildman–Crippen LogP) is 1.86. The molecule has 0 spiro atoms. The molecule has 2 N–H and O–H groups in total. The fraction of sp³-hybridized carbons (Fsp3) is 0.250. The van der Waals surface area contributed by atoms with Crippen molar-refractivity contribution in [3.8, 4) is 0 Å². The van der Waals surface area contributed by atoms with Gasteiger partial charge in [0, 0.05) is 48.6 Å². The summed E-state index contributed by atoms with van der Waals surface area (Å²) in [4.78, 5) is 14.2. The van der Waals surface area contributed by atoms with Crippen LogP contribution in [0.25, 0.3) is 21.8 Å². The number of fused-ring (bicyclic) bond motifs is 2. The average molecular weight is 361 g/mol. The molecule has 0 radical (unpaired) electrons. The Morgan fingerprint density at radius 1 is 1.26 bits per heavy atom. The zero-order chi connectivity index (χ0) is 18.5. The summed E-state index contributed by atoms with van der Waals surface area (Å²) in [5.41, 5.74) is 4.69. The second kappa shape index (κ2) is 5.92. The highest BCUT2D eigenvalue weighted by Gasteiger charge is 2.29. The summed E-state index contributed by atoms with van der Waals surface area (Å²) in [5, 5.41) is 23.2. The highest BCUT2D eigenvalue weighted by atomic mass is 16.3. The van der Waals surface area contributed by atoms with Crippen LogP contribution >= 0.6 is 0 Å². The van der Waals surface area contributed by atoms with E-state index in [4.69, 9.17) is 0 Å². The van der Waals surface area contributed by atoms with Crippen LogP contribution in [0.15, 0.2) is 42.6 Å². The fourth-order valence-corrected chi connectivity index (χ4v) is 3.66. The van der Waals surface area contributed by atoms with E-state index in [1.54, 1.807) is 11.0 Å². The van der Waals surface area contributed by atoms with Crippen molar-refractivity contribution < 1.29 is 9.90 Å². The van der Waals surface area contributed by atoms with Gasteiger partial charge in [-0.3, -0.25) is 14.6 Å². The molecule has 7 heteroatoms. The maximum atomic E-state index is 12.5. The minimum absolute atomic E-state index is 0.0499. The topological polar surface area (TPSA) is 87.0 Å². The molecule has 2 aromatic heterocycles. The van der Waals surface area contributed by atoms with Crippen molar-refractivity contribution in [2.45, 2.75) is 12.5 Å². The van der Waals surface area contributed by atoms with E-state index >= 15 is 0 Å². The van der Waals surface area contributed by atoms with Crippen molar-refractivity contribution in [3.05, 3.63) is 59.4 Å². The number of hydrogen-bond donors (Lipinski definition) is 2. The molecule has 0 saturated carbocycles. The van der Waals surface area contributed by atoms with E-state index in [1.165, 1.54) is 0 Å². The molecule has 3 heterocycles. The van der Waals surface area contributed by atoms with Crippen LogP contribution in [-0.4, -0.2) is 55.1 Å². The number of aliphatic hydroxyl groups excluding tert-OH is 1. The van der Waals surface area contributed by atoms with Gasteiger partial charge in [-0.2, -0.15) is 10.2 Å². The Morgan fingerprint density at radius 3 is 2.93 bits per heavy atom. The summed E-state index contributed by atoms with van der Waals surface area (Å²) in [5.74, 6) is -0.0499. The second-order valence-corrected chi connectivity index (χ2v) is 7.14. The molecule has 2 aromatic carbocycles. The zero-order valence-electron chi connectivity index (χ0n) is 14.9. The highest BCUT2D eigenvalue weighted by molar-refractivity contribution is 5.99. The number of aliphatic hydroxyl groups is 1. The Hall–Kier alpha value is -3.19. The number of H-pyrrole nitrogens is 1. The summed E-state index contributed by atoms with van der Waals surface area (Å²) in [6.07, 6.45) is 2.16. The standard InChI is InChI=1S/C20H19N5O2/c1-24-19-5-2-12(6-14(19)9-21-24)7-18-16-8-13(3-4-17(16)22-23-18)20(27)25-10-15(26)11-25/h2-6,8-9,15,26H,7,10-11H2,1H3,(H,22,23). The smallest absolute Gasteiger partial charge is 0.254 e. The van der Waals surface area contributed by atoms with E-state index in [2.05, 4.69) is 33.5 Å². The molecule has 136 valence electrons. The van der Waals surface area contributed by atoms with E-state index in [-0.39, 0.29) is 5.91 Å². The minimum Gasteiger partial charge on any atom is -0.389 e. The van der Waals surface area contributed by atoms with Gasteiger partial charge in [-0.05, 0) is 35.9 Å². The van der Waals surface area contributed by atoms with Crippen molar-refractivity contribution >= 4 is 27.7 Å². The van der Waals surface area contributed by atoms with Gasteiger partial charge in [0.25, 0.3) is 5.91 Å². The predicted molar refractivity (Wildman–Crippen MR) is 102 cm³/mol. The number of β-amino-alcohol motifs (C(OH)–C–C–N with tert-alkyl or cyclic N) is 1. The number of aryl methyl sites for hydroxylation is 1. The van der Waals surface area contributed by atoms with Crippen molar-refractivity contribution in [3.63, 3.8) is 0 Å². The van der Waals surface area contributed by atoms with E-state index in [0.29, 0.717) is 25.1 Å². The molecular weight excluding hydrogens is 342 g/mol. The number of carbonyl (C=O) groups is 1. The fourth-order valence-electron chi connectivity index (χ4n) is 3.66. The number of rotatable bonds is 3. The Balaban J connectivity index is 1.47. The highest BCUT2D eigenvalue weighted by Crippen LogP contribution is 2.24. The number of likely N-dealkylation sites (tertiary alicyclic amines) is 1. The van der Waals surface area contributed by atoms with Gasteiger partial charge >= 0.3 is 0 Å². The lowest BCUT2D eigenvalue weighted by molar-refractivity contribution is 0.00591. The first-order valence-corrected chi connectivity index (χ1v) is 8.93. The van der Waals surface area contributed by atoms with E-state index in [9.17, 15) is 9.90 Å². The summed E-state index contributed by atoms with van der Waals surface area (Å²) < 4.78 is 1.86. The van der Waals surface area contributed by atoms with E-state index in [0.717, 1.165) is 33.1 Å². The van der Waals surface area contributed by atoms with E-state index < -0.39 is 6.10 Å². The van der Waals surface area contributed by atoms with Gasteiger partial charge in [-0.15, -0.1) is 0 Å². The number of nitrogens with zero attached hydrogens (tertiary/aromatic N) is 4. The third-order valence-corrected chi connectivity index (χ3v) is 5.22. The van der Waals surface area contributed by atoms with Gasteiger partial charge in [0.2, 0.25) is 0 Å². The largest absolute Gasteiger partial charge is 0.389 e. The SMILES string of the molecule is Cn1ncc2cc(Cc3[nH]nc4ccc(C(=O)N5CC(O)C5)cc34)ccc21. The van der Waals surface area contributed by atoms with Crippen LogP contribution in [0.1, 0.15) is 21.6 Å². The van der Waals surface area contributed by atoms with Crippen molar-refractivity contribution in [1.29, 1.82) is 0 Å². The molecule has 4 aromatic rings. The molecule has 1 fully saturated rings. The number of aromatic amines is 1. The van der Waals surface area contributed by atoms with Crippen LogP contribution in [0.4, 0.5) is 0 Å². The molecular formula is C20H19N5O2. The monoisotopic (exact) mass is 361 g/mol. The summed E-state index contributed by atoms with van der Waals surface area (Å²) >= 11 is 0. The minimum atomic E-state index is -0.399. The van der Waals surface area contributed by atoms with Gasteiger partial charge < -0.3 is 10.0 Å². The molecule has 0 aliphatic carbocycles. The quantitative estimate of drug-likeness (QED) is 0.583. The molecule has 27 heavy (non-hydrogen) atoms. The van der Waals surface area contributed by atoms with Gasteiger partial charge in [-0.1, -0.05) is 6.07 Å². The van der Waals surface area contributed by atoms with E-state index in [1.807, 2.05) is 30.1 Å². The first kappa shape index (κ1) is 16.0. The second-order valence-electron chi connectivity index (χ2n) is 7.14. The Bertz CT molecular complexity index is 1170.